The molecule has 3 atom stereocenters. The number of fused-ring (bicyclic) bond motifs is 2. The van der Waals surface area contributed by atoms with E-state index in [1.54, 1.807) is 22.9 Å². The number of nitrogens with zero attached hydrogens (tertiary/aromatic N) is 6. The number of hydrogen-bond donors (Lipinski definition) is 5. The minimum absolute atomic E-state index is 0.0154. The standard InChI is InChI=1S/C31H26Cl2N8O10S2/c1-12(25(44)37-50)51-38-20(19-24(33)53-31(34)36-19)26(45)35-21-28(47)41-22(30(48)49)13(11-52-29(21)41)10-39-8-2-5-16-15(39)4-3-9-40(16)27(46)14-6-7-17(42)23(43)18(14)32/h2,5-8,12,21,29H,3-4,9-11H2,1H3,(H5-,34,35,36,37,38,42,43,44,45,46,48,49,50)/p+1/t12-,21+,29+/m0/s1. The number of nitroso groups, excluding NO2 is 1. The molecule has 0 saturated carbocycles. The number of aromatic hydroxyl groups is 2. The number of β-lactam (4-membered cyclic amide) rings is 1. The van der Waals surface area contributed by atoms with Crippen molar-refractivity contribution in [1.82, 2.24) is 15.2 Å². The lowest BCUT2D eigenvalue weighted by Gasteiger charge is -2.49. The number of carboxylic acid groups (broad SMARTS) is 1. The Balaban J connectivity index is 1.24. The molecule has 5 heterocycles. The van der Waals surface area contributed by atoms with Gasteiger partial charge in [-0.2, -0.15) is 4.57 Å². The zero-order valence-electron chi connectivity index (χ0n) is 27.2. The number of hydrogen-bond acceptors (Lipinski definition) is 14. The molecule has 4 amide bonds. The van der Waals surface area contributed by atoms with E-state index in [9.17, 15) is 44.2 Å². The van der Waals surface area contributed by atoms with Crippen LogP contribution in [0.3, 0.4) is 0 Å². The van der Waals surface area contributed by atoms with Crippen molar-refractivity contribution in [3.05, 3.63) is 72.9 Å². The second kappa shape index (κ2) is 15.0. The van der Waals surface area contributed by atoms with Gasteiger partial charge in [-0.05, 0) is 31.5 Å². The van der Waals surface area contributed by atoms with Crippen molar-refractivity contribution in [2.75, 3.05) is 22.9 Å². The number of carbonyl (C=O) groups is 5. The molecule has 0 aliphatic carbocycles. The largest absolute Gasteiger partial charge is 0.504 e. The van der Waals surface area contributed by atoms with Gasteiger partial charge in [0.05, 0.1) is 10.6 Å². The van der Waals surface area contributed by atoms with E-state index in [1.807, 2.05) is 0 Å². The highest BCUT2D eigenvalue weighted by molar-refractivity contribution is 8.00. The Morgan fingerprint density at radius 2 is 1.98 bits per heavy atom. The molecule has 0 unspecified atom stereocenters. The Morgan fingerprint density at radius 1 is 1.23 bits per heavy atom. The molecule has 1 aromatic carbocycles. The number of carboxylic acids is 1. The second-order valence-electron chi connectivity index (χ2n) is 11.7. The number of benzene rings is 1. The number of phenols is 2. The Bertz CT molecular complexity index is 2160. The lowest BCUT2D eigenvalue weighted by molar-refractivity contribution is -0.695. The van der Waals surface area contributed by atoms with Crippen molar-refractivity contribution in [2.24, 2.45) is 10.3 Å². The summed E-state index contributed by atoms with van der Waals surface area (Å²) >= 11 is 14.4. The number of thiazole rings is 1. The maximum absolute atomic E-state index is 13.6. The first-order valence-corrected chi connectivity index (χ1v) is 18.1. The summed E-state index contributed by atoms with van der Waals surface area (Å²) in [5.74, 6) is -5.74. The number of thioether (sulfide) groups is 1. The van der Waals surface area contributed by atoms with E-state index >= 15 is 0 Å². The van der Waals surface area contributed by atoms with Gasteiger partial charge in [-0.15, -0.1) is 16.7 Å². The van der Waals surface area contributed by atoms with Crippen LogP contribution in [-0.2, 0) is 37.0 Å². The van der Waals surface area contributed by atoms with Gasteiger partial charge in [-0.3, -0.25) is 24.1 Å². The van der Waals surface area contributed by atoms with Crippen molar-refractivity contribution in [3.63, 3.8) is 0 Å². The quantitative estimate of drug-likeness (QED) is 0.0492. The van der Waals surface area contributed by atoms with Crippen LogP contribution in [0.25, 0.3) is 0 Å². The number of amides is 4. The number of carbonyl (C=O) groups excluding carboxylic acids is 4. The van der Waals surface area contributed by atoms with Gasteiger partial charge in [0, 0.05) is 35.5 Å². The highest BCUT2D eigenvalue weighted by Crippen LogP contribution is 2.41. The zero-order chi connectivity index (χ0) is 38.3. The van der Waals surface area contributed by atoms with Crippen molar-refractivity contribution in [3.8, 4) is 11.5 Å². The number of rotatable bonds is 10. The van der Waals surface area contributed by atoms with E-state index in [0.717, 1.165) is 16.2 Å². The van der Waals surface area contributed by atoms with E-state index in [4.69, 9.17) is 33.8 Å². The van der Waals surface area contributed by atoms with E-state index in [-0.39, 0.29) is 43.7 Å². The molecule has 276 valence electrons. The molecule has 6 rings (SSSR count). The van der Waals surface area contributed by atoms with Crippen LogP contribution in [-0.4, -0.2) is 90.3 Å². The monoisotopic (exact) mass is 805 g/mol. The van der Waals surface area contributed by atoms with Crippen LogP contribution >= 0.6 is 46.3 Å². The Morgan fingerprint density at radius 3 is 2.66 bits per heavy atom. The summed E-state index contributed by atoms with van der Waals surface area (Å²) in [7, 11) is 0. The SMILES string of the molecule is C[C@H](O/N=C(\C(=O)N[C@@H]1C(=O)N2C(C(=O)O)=C(C[n+]3cccc4c3CCCN4C(=O)c3ccc(O)c(O)c3Cl)CS[C@H]12)c1nc(N)sc1Cl)C(=O)N=O. The molecule has 0 bridgehead atoms. The Labute approximate surface area is 316 Å². The second-order valence-corrected chi connectivity index (χ2v) is 14.8. The summed E-state index contributed by atoms with van der Waals surface area (Å²) in [6.45, 7) is 1.55. The summed E-state index contributed by atoms with van der Waals surface area (Å²) < 4.78 is 1.74. The molecular formula is C31H27Cl2N8O10S2+. The zero-order valence-corrected chi connectivity index (χ0v) is 30.3. The molecule has 53 heavy (non-hydrogen) atoms. The summed E-state index contributed by atoms with van der Waals surface area (Å²) in [5.41, 5.74) is 6.32. The number of pyridine rings is 1. The van der Waals surface area contributed by atoms with Crippen LogP contribution in [0.4, 0.5) is 10.8 Å². The average Bonchev–Trinajstić information content (AvgIpc) is 3.48. The predicted molar refractivity (Wildman–Crippen MR) is 191 cm³/mol. The topological polar surface area (TPSA) is 258 Å². The molecule has 2 aromatic heterocycles. The van der Waals surface area contributed by atoms with Crippen LogP contribution in [0.2, 0.25) is 9.36 Å². The van der Waals surface area contributed by atoms with Gasteiger partial charge >= 0.3 is 11.9 Å². The molecule has 22 heteroatoms. The number of nitrogen functional groups attached to an aromatic ring is 1. The third-order valence-corrected chi connectivity index (χ3v) is 11.3. The van der Waals surface area contributed by atoms with Crippen LogP contribution in [0.5, 0.6) is 11.5 Å². The van der Waals surface area contributed by atoms with Crippen LogP contribution in [0.1, 0.15) is 35.1 Å². The normalized spacial score (nSPS) is 18.8. The smallest absolute Gasteiger partial charge is 0.352 e. The molecule has 3 aliphatic heterocycles. The molecule has 0 radical (unpaired) electrons. The van der Waals surface area contributed by atoms with Gasteiger partial charge in [-0.25, -0.2) is 9.78 Å². The number of phenolic OH excluding ortho intramolecular Hbond substituents is 2. The molecule has 0 spiro atoms. The number of halogens is 2. The number of oxime groups is 1. The molecule has 6 N–H and O–H groups in total. The van der Waals surface area contributed by atoms with Crippen LogP contribution < -0.4 is 20.5 Å². The number of nitrogens with one attached hydrogen (secondary N) is 1. The molecule has 3 aliphatic rings. The first kappa shape index (κ1) is 37.4. The van der Waals surface area contributed by atoms with Crippen LogP contribution in [0, 0.1) is 4.91 Å². The van der Waals surface area contributed by atoms with Crippen molar-refractivity contribution < 1.29 is 48.7 Å². The lowest BCUT2D eigenvalue weighted by atomic mass is 10.0. The van der Waals surface area contributed by atoms with Crippen LogP contribution in [0.15, 0.2) is 52.1 Å². The molecule has 1 saturated heterocycles. The molecule has 3 aromatic rings. The third-order valence-electron chi connectivity index (χ3n) is 8.50. The minimum atomic E-state index is -1.47. The maximum Gasteiger partial charge on any atom is 0.352 e. The van der Waals surface area contributed by atoms with Gasteiger partial charge in [0.1, 0.15) is 32.8 Å². The summed E-state index contributed by atoms with van der Waals surface area (Å²) in [6, 6.07) is 4.69. The average molecular weight is 807 g/mol. The third kappa shape index (κ3) is 6.97. The Kier molecular flexibility index (Phi) is 10.6. The Hall–Kier alpha value is -5.31. The van der Waals surface area contributed by atoms with E-state index in [1.165, 1.54) is 35.7 Å². The fourth-order valence-corrected chi connectivity index (χ4v) is 8.47. The van der Waals surface area contributed by atoms with Gasteiger partial charge in [-0.1, -0.05) is 39.7 Å². The number of nitrogens with two attached hydrogens (primary N) is 1. The first-order valence-electron chi connectivity index (χ1n) is 15.5. The summed E-state index contributed by atoms with van der Waals surface area (Å²) in [5, 5.41) is 37.4. The van der Waals surface area contributed by atoms with Gasteiger partial charge < -0.3 is 36.1 Å². The number of anilines is 2. The first-order chi connectivity index (χ1) is 25.2. The van der Waals surface area contributed by atoms with Crippen molar-refractivity contribution in [1.29, 1.82) is 0 Å². The van der Waals surface area contributed by atoms with Gasteiger partial charge in [0.25, 0.3) is 17.7 Å². The maximum atomic E-state index is 13.6. The summed E-state index contributed by atoms with van der Waals surface area (Å²) in [4.78, 5) is 86.9. The highest BCUT2D eigenvalue weighted by Gasteiger charge is 2.55. The van der Waals surface area contributed by atoms with Crippen molar-refractivity contribution in [2.45, 2.75) is 43.8 Å². The molecular weight excluding hydrogens is 779 g/mol. The lowest BCUT2D eigenvalue weighted by Crippen LogP contribution is -2.71. The number of aromatic nitrogens is 2. The minimum Gasteiger partial charge on any atom is -0.504 e. The molecule has 18 nitrogen and oxygen atoms in total. The summed E-state index contributed by atoms with van der Waals surface area (Å²) in [6.07, 6.45) is 1.36. The number of aliphatic carboxylic acids is 1. The molecule has 1 fully saturated rings. The van der Waals surface area contributed by atoms with E-state index in [2.05, 4.69) is 20.6 Å². The van der Waals surface area contributed by atoms with E-state index < -0.39 is 64.3 Å². The highest BCUT2D eigenvalue weighted by atomic mass is 35.5. The van der Waals surface area contributed by atoms with E-state index in [0.29, 0.717) is 36.3 Å². The van der Waals surface area contributed by atoms with Crippen molar-refractivity contribution >= 4 is 92.4 Å². The fourth-order valence-electron chi connectivity index (χ4n) is 5.96. The van der Waals surface area contributed by atoms with Gasteiger partial charge in [0.15, 0.2) is 35.1 Å². The predicted octanol–water partition coefficient (Wildman–Crippen LogP) is 2.16. The fraction of sp³-hybridized carbons (Fsp3) is 0.290. The van der Waals surface area contributed by atoms with Gasteiger partial charge in [0.2, 0.25) is 11.8 Å².